The van der Waals surface area contributed by atoms with Crippen LogP contribution >= 0.6 is 7.14 Å². The van der Waals surface area contributed by atoms with Gasteiger partial charge in [-0.2, -0.15) is 0 Å². The lowest BCUT2D eigenvalue weighted by molar-refractivity contribution is -0.118. The van der Waals surface area contributed by atoms with Crippen LogP contribution in [0.1, 0.15) is 18.9 Å². The van der Waals surface area contributed by atoms with Crippen LogP contribution in [0.3, 0.4) is 0 Å². The van der Waals surface area contributed by atoms with Crippen LogP contribution in [-0.2, 0) is 9.36 Å². The molecule has 1 fully saturated rings. The fraction of sp³-hybridized carbons (Fsp3) is 0.259. The molecule has 37 heavy (non-hydrogen) atoms. The lowest BCUT2D eigenvalue weighted by atomic mass is 10.0. The van der Waals surface area contributed by atoms with Gasteiger partial charge in [0.05, 0.1) is 11.4 Å². The van der Waals surface area contributed by atoms with E-state index in [2.05, 4.69) is 10.6 Å². The monoisotopic (exact) mass is 529 g/mol. The Balaban J connectivity index is 1.57. The van der Waals surface area contributed by atoms with Crippen molar-refractivity contribution in [2.45, 2.75) is 32.4 Å². The number of carbonyl (C=O) groups excluding carboxylic acids is 2. The molecule has 4 rings (SSSR count). The van der Waals surface area contributed by atoms with Crippen molar-refractivity contribution in [2.24, 2.45) is 0 Å². The number of aryl methyl sites for hydroxylation is 1. The number of nitrogens with one attached hydrogen (secondary N) is 2. The van der Waals surface area contributed by atoms with Crippen molar-refractivity contribution in [1.29, 1.82) is 0 Å². The van der Waals surface area contributed by atoms with Gasteiger partial charge in [-0.3, -0.25) is 4.79 Å². The fourth-order valence-corrected chi connectivity index (χ4v) is 5.77. The molecule has 0 aromatic heterocycles. The molecule has 1 saturated heterocycles. The number of hydrogen-bond acceptors (Lipinski definition) is 3. The van der Waals surface area contributed by atoms with Crippen molar-refractivity contribution in [3.05, 3.63) is 77.6 Å². The van der Waals surface area contributed by atoms with E-state index in [0.29, 0.717) is 16.4 Å². The molecule has 0 spiro atoms. The second-order valence-electron chi connectivity index (χ2n) is 9.56. The minimum Gasteiger partial charge on any atom is -0.326 e. The van der Waals surface area contributed by atoms with Crippen molar-refractivity contribution in [1.82, 2.24) is 5.32 Å². The first-order valence-electron chi connectivity index (χ1n) is 11.7. The van der Waals surface area contributed by atoms with Gasteiger partial charge in [-0.05, 0) is 69.0 Å². The van der Waals surface area contributed by atoms with Gasteiger partial charge in [-0.1, -0.05) is 30.3 Å². The second-order valence-corrected chi connectivity index (χ2v) is 12.7. The Labute approximate surface area is 213 Å². The van der Waals surface area contributed by atoms with Gasteiger partial charge < -0.3 is 20.1 Å². The Morgan fingerprint density at radius 3 is 2.38 bits per heavy atom. The van der Waals surface area contributed by atoms with Gasteiger partial charge in [0.2, 0.25) is 5.91 Å². The van der Waals surface area contributed by atoms with E-state index >= 15 is 8.78 Å². The predicted molar refractivity (Wildman–Crippen MR) is 140 cm³/mol. The molecule has 3 aromatic rings. The average molecular weight is 529 g/mol. The zero-order valence-corrected chi connectivity index (χ0v) is 21.7. The highest BCUT2D eigenvalue weighted by atomic mass is 31.2. The van der Waals surface area contributed by atoms with Crippen molar-refractivity contribution in [3.8, 4) is 11.1 Å². The highest BCUT2D eigenvalue weighted by Crippen LogP contribution is 2.41. The minimum absolute atomic E-state index is 0.0499. The van der Waals surface area contributed by atoms with Gasteiger partial charge in [0.1, 0.15) is 19.0 Å². The Morgan fingerprint density at radius 1 is 1.00 bits per heavy atom. The van der Waals surface area contributed by atoms with Crippen LogP contribution in [0.25, 0.3) is 11.1 Å². The molecule has 1 aliphatic rings. The summed E-state index contributed by atoms with van der Waals surface area (Å²) in [5.41, 5.74) is 0.627. The van der Waals surface area contributed by atoms with E-state index in [4.69, 9.17) is 0 Å². The summed E-state index contributed by atoms with van der Waals surface area (Å²) >= 11 is 0. The maximum Gasteiger partial charge on any atom is 0.319 e. The van der Waals surface area contributed by atoms with Crippen molar-refractivity contribution in [2.75, 3.05) is 23.5 Å². The highest BCUT2D eigenvalue weighted by molar-refractivity contribution is 7.70. The van der Waals surface area contributed by atoms with E-state index in [1.807, 2.05) is 0 Å². The van der Waals surface area contributed by atoms with E-state index in [1.54, 1.807) is 57.5 Å². The van der Waals surface area contributed by atoms with E-state index in [9.17, 15) is 18.5 Å². The first-order valence-corrected chi connectivity index (χ1v) is 14.3. The number of urea groups is 1. The number of benzene rings is 3. The third kappa shape index (κ3) is 5.27. The van der Waals surface area contributed by atoms with Crippen molar-refractivity contribution in [3.63, 3.8) is 0 Å². The Bertz CT molecular complexity index is 1440. The second kappa shape index (κ2) is 10.1. The van der Waals surface area contributed by atoms with Gasteiger partial charge in [0.25, 0.3) is 0 Å². The van der Waals surface area contributed by atoms with E-state index in [1.165, 1.54) is 24.3 Å². The number of nitrogens with zero attached hydrogens (tertiary/aromatic N) is 1. The number of carbonyl (C=O) groups is 2. The summed E-state index contributed by atoms with van der Waals surface area (Å²) in [7, 11) is -2.78. The fourth-order valence-electron chi connectivity index (χ4n) is 4.55. The molecule has 3 amide bonds. The summed E-state index contributed by atoms with van der Waals surface area (Å²) in [4.78, 5) is 26.6. The maximum atomic E-state index is 15.3. The average Bonchev–Trinajstić information content (AvgIpc) is 3.09. The molecule has 3 aromatic carbocycles. The molecule has 0 bridgehead atoms. The standard InChI is InChI=1S/C27H27F3N3O3P/c1-15-9-11-20(19(28)13-15)31-27(35)32-21-14-16(2)33(26(21)34)22-12-10-18(24(29)25(22)30)17-7-5-6-8-23(17)37(3,4)36/h5-13,16,21H,14H2,1-4H3,(H2,31,32,35)/t16?,21-/m1/s1. The van der Waals surface area contributed by atoms with Crippen LogP contribution in [0.2, 0.25) is 0 Å². The number of anilines is 2. The Kier molecular flexibility index (Phi) is 7.20. The summed E-state index contributed by atoms with van der Waals surface area (Å²) in [5, 5.41) is 5.28. The largest absolute Gasteiger partial charge is 0.326 e. The first-order chi connectivity index (χ1) is 17.4. The van der Waals surface area contributed by atoms with Gasteiger partial charge in [0.15, 0.2) is 11.6 Å². The highest BCUT2D eigenvalue weighted by Gasteiger charge is 2.40. The third-order valence-corrected chi connectivity index (χ3v) is 7.88. The summed E-state index contributed by atoms with van der Waals surface area (Å²) in [5.74, 6) is -3.63. The molecule has 2 atom stereocenters. The summed E-state index contributed by atoms with van der Waals surface area (Å²) in [6.45, 7) is 6.46. The molecular formula is C27H27F3N3O3P. The number of halogens is 3. The first kappa shape index (κ1) is 26.5. The lowest BCUT2D eigenvalue weighted by Gasteiger charge is -2.23. The van der Waals surface area contributed by atoms with Crippen LogP contribution in [0.15, 0.2) is 54.6 Å². The lowest BCUT2D eigenvalue weighted by Crippen LogP contribution is -2.44. The molecule has 1 unspecified atom stereocenters. The third-order valence-electron chi connectivity index (χ3n) is 6.33. The summed E-state index contributed by atoms with van der Waals surface area (Å²) in [6.07, 6.45) is 0.142. The molecule has 10 heteroatoms. The molecule has 2 N–H and O–H groups in total. The molecule has 1 heterocycles. The topological polar surface area (TPSA) is 78.5 Å². The van der Waals surface area contributed by atoms with Crippen molar-refractivity contribution >= 4 is 35.8 Å². The molecule has 0 radical (unpaired) electrons. The summed E-state index contributed by atoms with van der Waals surface area (Å²) < 4.78 is 57.4. The van der Waals surface area contributed by atoms with Gasteiger partial charge >= 0.3 is 6.03 Å². The summed E-state index contributed by atoms with van der Waals surface area (Å²) in [6, 6.07) is 11.1. The van der Waals surface area contributed by atoms with Crippen LogP contribution in [0.5, 0.6) is 0 Å². The molecule has 0 aliphatic carbocycles. The van der Waals surface area contributed by atoms with Crippen LogP contribution in [-0.4, -0.2) is 37.4 Å². The van der Waals surface area contributed by atoms with Gasteiger partial charge in [-0.25, -0.2) is 18.0 Å². The quantitative estimate of drug-likeness (QED) is 0.420. The smallest absolute Gasteiger partial charge is 0.319 e. The SMILES string of the molecule is Cc1ccc(NC(=O)N[C@@H]2CC(C)N(c3ccc(-c4ccccc4P(C)(C)=O)c(F)c3F)C2=O)c(F)c1. The van der Waals surface area contributed by atoms with E-state index in [0.717, 1.165) is 4.90 Å². The minimum atomic E-state index is -2.78. The zero-order chi connectivity index (χ0) is 27.1. The predicted octanol–water partition coefficient (Wildman–Crippen LogP) is 5.64. The maximum absolute atomic E-state index is 15.3. The van der Waals surface area contributed by atoms with E-state index < -0.39 is 48.6 Å². The molecular weight excluding hydrogens is 502 g/mol. The molecule has 0 saturated carbocycles. The number of rotatable bonds is 5. The normalized spacial score (nSPS) is 17.7. The Morgan fingerprint density at radius 2 is 1.70 bits per heavy atom. The molecule has 1 aliphatic heterocycles. The van der Waals surface area contributed by atoms with Gasteiger partial charge in [-0.15, -0.1) is 0 Å². The molecule has 194 valence electrons. The van der Waals surface area contributed by atoms with Crippen LogP contribution < -0.4 is 20.8 Å². The number of hydrogen-bond donors (Lipinski definition) is 2. The number of amides is 3. The van der Waals surface area contributed by atoms with E-state index in [-0.39, 0.29) is 23.4 Å². The van der Waals surface area contributed by atoms with Crippen molar-refractivity contribution < 1.29 is 27.3 Å². The van der Waals surface area contributed by atoms with Crippen LogP contribution in [0, 0.1) is 24.4 Å². The van der Waals surface area contributed by atoms with Crippen LogP contribution in [0.4, 0.5) is 29.3 Å². The molecule has 6 nitrogen and oxygen atoms in total. The van der Waals surface area contributed by atoms with Gasteiger partial charge in [0, 0.05) is 16.9 Å². The Hall–Kier alpha value is -3.58. The zero-order valence-electron chi connectivity index (χ0n) is 20.8.